The number of nitrogens with zero attached hydrogens (tertiary/aromatic N) is 2. The number of aromatic nitrogens is 2. The number of nitrogens with one attached hydrogen (secondary N) is 2. The smallest absolute Gasteiger partial charge is 0.271 e. The first-order chi connectivity index (χ1) is 9.53. The molecule has 0 aliphatic carbocycles. The van der Waals surface area contributed by atoms with Crippen LogP contribution in [0.2, 0.25) is 0 Å². The SMILES string of the molecule is CCc1cc(C(=O)NCC(C)(C)N2CCCCC2)n[nH]1. The molecule has 112 valence electrons. The molecule has 2 rings (SSSR count). The van der Waals surface area contributed by atoms with Gasteiger partial charge < -0.3 is 5.32 Å². The maximum absolute atomic E-state index is 12.1. The Morgan fingerprint density at radius 1 is 1.40 bits per heavy atom. The van der Waals surface area contributed by atoms with Crippen molar-refractivity contribution in [3.63, 3.8) is 0 Å². The van der Waals surface area contributed by atoms with Crippen LogP contribution in [0.15, 0.2) is 6.07 Å². The Labute approximate surface area is 121 Å². The number of amides is 1. The van der Waals surface area contributed by atoms with Gasteiger partial charge in [-0.2, -0.15) is 5.10 Å². The molecule has 0 saturated carbocycles. The fourth-order valence-electron chi connectivity index (χ4n) is 2.66. The topological polar surface area (TPSA) is 61.0 Å². The molecule has 5 nitrogen and oxygen atoms in total. The zero-order valence-electron chi connectivity index (χ0n) is 12.8. The number of H-pyrrole nitrogens is 1. The number of hydrogen-bond donors (Lipinski definition) is 2. The lowest BCUT2D eigenvalue weighted by Gasteiger charge is -2.41. The van der Waals surface area contributed by atoms with Gasteiger partial charge in [0.2, 0.25) is 0 Å². The summed E-state index contributed by atoms with van der Waals surface area (Å²) in [5, 5.41) is 9.94. The van der Waals surface area contributed by atoms with E-state index in [9.17, 15) is 4.79 Å². The van der Waals surface area contributed by atoms with Crippen LogP contribution in [-0.4, -0.2) is 46.2 Å². The number of piperidine rings is 1. The fourth-order valence-corrected chi connectivity index (χ4v) is 2.66. The van der Waals surface area contributed by atoms with Crippen LogP contribution >= 0.6 is 0 Å². The summed E-state index contributed by atoms with van der Waals surface area (Å²) in [6.07, 6.45) is 4.71. The fraction of sp³-hybridized carbons (Fsp3) is 0.733. The van der Waals surface area contributed by atoms with E-state index < -0.39 is 0 Å². The zero-order chi connectivity index (χ0) is 14.6. The molecule has 1 amide bonds. The van der Waals surface area contributed by atoms with Crippen LogP contribution in [-0.2, 0) is 6.42 Å². The van der Waals surface area contributed by atoms with E-state index in [0.29, 0.717) is 12.2 Å². The number of aromatic amines is 1. The molecule has 1 saturated heterocycles. The molecule has 0 atom stereocenters. The van der Waals surface area contributed by atoms with E-state index in [1.165, 1.54) is 19.3 Å². The van der Waals surface area contributed by atoms with Crippen molar-refractivity contribution in [2.24, 2.45) is 0 Å². The predicted octanol–water partition coefficient (Wildman–Crippen LogP) is 1.97. The van der Waals surface area contributed by atoms with Crippen LogP contribution in [0.3, 0.4) is 0 Å². The maximum atomic E-state index is 12.1. The van der Waals surface area contributed by atoms with E-state index in [-0.39, 0.29) is 11.4 Å². The molecule has 0 aromatic carbocycles. The number of carbonyl (C=O) groups excluding carboxylic acids is 1. The van der Waals surface area contributed by atoms with Gasteiger partial charge in [-0.25, -0.2) is 0 Å². The molecule has 2 N–H and O–H groups in total. The van der Waals surface area contributed by atoms with E-state index in [2.05, 4.69) is 34.3 Å². The molecule has 2 heterocycles. The Balaban J connectivity index is 1.88. The van der Waals surface area contributed by atoms with Crippen LogP contribution in [0.25, 0.3) is 0 Å². The van der Waals surface area contributed by atoms with Gasteiger partial charge in [-0.1, -0.05) is 13.3 Å². The minimum atomic E-state index is -0.0916. The second kappa shape index (κ2) is 6.39. The Hall–Kier alpha value is -1.36. The van der Waals surface area contributed by atoms with E-state index in [4.69, 9.17) is 0 Å². The largest absolute Gasteiger partial charge is 0.349 e. The van der Waals surface area contributed by atoms with Gasteiger partial charge in [0, 0.05) is 17.8 Å². The van der Waals surface area contributed by atoms with Gasteiger partial charge in [-0.05, 0) is 52.3 Å². The van der Waals surface area contributed by atoms with Gasteiger partial charge in [-0.3, -0.25) is 14.8 Å². The summed E-state index contributed by atoms with van der Waals surface area (Å²) in [6.45, 7) is 9.34. The standard InChI is InChI=1S/C15H26N4O/c1-4-12-10-13(18-17-12)14(20)16-11-15(2,3)19-8-6-5-7-9-19/h10H,4-9,11H2,1-3H3,(H,16,20)(H,17,18). The molecule has 5 heteroatoms. The summed E-state index contributed by atoms with van der Waals surface area (Å²) in [5.41, 5.74) is 1.47. The molecule has 1 aromatic rings. The van der Waals surface area contributed by atoms with Gasteiger partial charge in [0.1, 0.15) is 5.69 Å². The highest BCUT2D eigenvalue weighted by molar-refractivity contribution is 5.92. The van der Waals surface area contributed by atoms with Crippen LogP contribution in [0.5, 0.6) is 0 Å². The molecule has 1 fully saturated rings. The van der Waals surface area contributed by atoms with Gasteiger partial charge in [0.15, 0.2) is 0 Å². The molecule has 0 unspecified atom stereocenters. The highest BCUT2D eigenvalue weighted by Gasteiger charge is 2.28. The van der Waals surface area contributed by atoms with Gasteiger partial charge in [0.05, 0.1) is 0 Å². The van der Waals surface area contributed by atoms with E-state index in [1.807, 2.05) is 13.0 Å². The highest BCUT2D eigenvalue weighted by atomic mass is 16.1. The third-order valence-corrected chi connectivity index (χ3v) is 4.14. The monoisotopic (exact) mass is 278 g/mol. The first-order valence-electron chi connectivity index (χ1n) is 7.60. The van der Waals surface area contributed by atoms with E-state index in [1.54, 1.807) is 0 Å². The van der Waals surface area contributed by atoms with Crippen molar-refractivity contribution >= 4 is 5.91 Å². The average molecular weight is 278 g/mol. The Morgan fingerprint density at radius 3 is 2.70 bits per heavy atom. The second-order valence-electron chi connectivity index (χ2n) is 6.17. The normalized spacial score (nSPS) is 17.1. The number of rotatable bonds is 5. The first kappa shape index (κ1) is 15.0. The number of carbonyl (C=O) groups is 1. The van der Waals surface area contributed by atoms with Gasteiger partial charge in [0.25, 0.3) is 5.91 Å². The molecule has 1 aliphatic heterocycles. The lowest BCUT2D eigenvalue weighted by molar-refractivity contribution is 0.0794. The Bertz CT molecular complexity index is 446. The average Bonchev–Trinajstić information content (AvgIpc) is 2.95. The van der Waals surface area contributed by atoms with Crippen molar-refractivity contribution in [1.29, 1.82) is 0 Å². The van der Waals surface area contributed by atoms with E-state index in [0.717, 1.165) is 25.2 Å². The molecular formula is C15H26N4O. The van der Waals surface area contributed by atoms with Crippen molar-refractivity contribution < 1.29 is 4.79 Å². The third kappa shape index (κ3) is 3.60. The molecule has 20 heavy (non-hydrogen) atoms. The summed E-state index contributed by atoms with van der Waals surface area (Å²) in [4.78, 5) is 14.6. The van der Waals surface area contributed by atoms with Crippen LogP contribution < -0.4 is 5.32 Å². The lowest BCUT2D eigenvalue weighted by Crippen LogP contribution is -2.53. The lowest BCUT2D eigenvalue weighted by atomic mass is 9.98. The summed E-state index contributed by atoms with van der Waals surface area (Å²) in [7, 11) is 0. The first-order valence-corrected chi connectivity index (χ1v) is 7.60. The zero-order valence-corrected chi connectivity index (χ0v) is 12.8. The third-order valence-electron chi connectivity index (χ3n) is 4.14. The molecule has 0 radical (unpaired) electrons. The van der Waals surface area contributed by atoms with Crippen LogP contribution in [0, 0.1) is 0 Å². The maximum Gasteiger partial charge on any atom is 0.271 e. The molecule has 0 spiro atoms. The number of hydrogen-bond acceptors (Lipinski definition) is 3. The Morgan fingerprint density at radius 2 is 2.10 bits per heavy atom. The molecule has 1 aromatic heterocycles. The van der Waals surface area contributed by atoms with Crippen molar-refractivity contribution in [1.82, 2.24) is 20.4 Å². The number of likely N-dealkylation sites (tertiary alicyclic amines) is 1. The van der Waals surface area contributed by atoms with Crippen molar-refractivity contribution in [3.8, 4) is 0 Å². The van der Waals surface area contributed by atoms with Crippen molar-refractivity contribution in [2.75, 3.05) is 19.6 Å². The minimum absolute atomic E-state index is 0.0000263. The molecular weight excluding hydrogens is 252 g/mol. The van der Waals surface area contributed by atoms with Crippen molar-refractivity contribution in [2.45, 2.75) is 52.0 Å². The summed E-state index contributed by atoms with van der Waals surface area (Å²) < 4.78 is 0. The quantitative estimate of drug-likeness (QED) is 0.865. The van der Waals surface area contributed by atoms with Crippen LogP contribution in [0.4, 0.5) is 0 Å². The van der Waals surface area contributed by atoms with Crippen molar-refractivity contribution in [3.05, 3.63) is 17.5 Å². The molecule has 1 aliphatic rings. The van der Waals surface area contributed by atoms with Gasteiger partial charge >= 0.3 is 0 Å². The second-order valence-corrected chi connectivity index (χ2v) is 6.17. The van der Waals surface area contributed by atoms with Crippen LogP contribution in [0.1, 0.15) is 56.2 Å². The summed E-state index contributed by atoms with van der Waals surface area (Å²) >= 11 is 0. The highest BCUT2D eigenvalue weighted by Crippen LogP contribution is 2.19. The Kier molecular flexibility index (Phi) is 4.81. The molecule has 0 bridgehead atoms. The number of aryl methyl sites for hydroxylation is 1. The summed E-state index contributed by atoms with van der Waals surface area (Å²) in [5.74, 6) is -0.0916. The van der Waals surface area contributed by atoms with E-state index >= 15 is 0 Å². The summed E-state index contributed by atoms with van der Waals surface area (Å²) in [6, 6.07) is 1.82. The van der Waals surface area contributed by atoms with Gasteiger partial charge in [-0.15, -0.1) is 0 Å². The predicted molar refractivity (Wildman–Crippen MR) is 79.8 cm³/mol. The minimum Gasteiger partial charge on any atom is -0.349 e.